The number of rotatable bonds is 4. The molecule has 0 spiro atoms. The molecule has 1 aromatic rings. The van der Waals surface area contributed by atoms with Crippen LogP contribution in [0.25, 0.3) is 0 Å². The van der Waals surface area contributed by atoms with Gasteiger partial charge in [-0.1, -0.05) is 0 Å². The normalized spacial score (nSPS) is 23.4. The molecule has 2 atom stereocenters. The van der Waals surface area contributed by atoms with Crippen LogP contribution in [-0.4, -0.2) is 24.6 Å². The van der Waals surface area contributed by atoms with Gasteiger partial charge >= 0.3 is 0 Å². The Kier molecular flexibility index (Phi) is 3.79. The predicted molar refractivity (Wildman–Crippen MR) is 63.6 cm³/mol. The minimum atomic E-state index is -0.483. The highest BCUT2D eigenvalue weighted by atomic mass is 79.9. The van der Waals surface area contributed by atoms with Gasteiger partial charge in [0.2, 0.25) is 0 Å². The second-order valence-corrected chi connectivity index (χ2v) is 4.63. The van der Waals surface area contributed by atoms with Crippen LogP contribution in [-0.2, 0) is 9.53 Å². The minimum Gasteiger partial charge on any atom is -0.487 e. The molecule has 3 nitrogen and oxygen atoms in total. The van der Waals surface area contributed by atoms with Gasteiger partial charge in [-0.05, 0) is 41.1 Å². The molecule has 1 saturated carbocycles. The van der Waals surface area contributed by atoms with Crippen LogP contribution in [0.4, 0.5) is 4.39 Å². The van der Waals surface area contributed by atoms with E-state index in [4.69, 9.17) is 9.47 Å². The molecule has 0 bridgehead atoms. The van der Waals surface area contributed by atoms with E-state index < -0.39 is 6.10 Å². The summed E-state index contributed by atoms with van der Waals surface area (Å²) in [6, 6.07) is 4.39. The second-order valence-electron chi connectivity index (χ2n) is 3.78. The largest absolute Gasteiger partial charge is 0.487 e. The SMILES string of the molecule is CCOC1C(=O)CC1Oc1ccc(F)c(Br)c1. The Morgan fingerprint density at radius 2 is 2.29 bits per heavy atom. The molecular formula is C12H12BrFO3. The van der Waals surface area contributed by atoms with Gasteiger partial charge in [0.25, 0.3) is 0 Å². The van der Waals surface area contributed by atoms with Crippen LogP contribution in [0.3, 0.4) is 0 Å². The van der Waals surface area contributed by atoms with Gasteiger partial charge < -0.3 is 9.47 Å². The standard InChI is InChI=1S/C12H12BrFO3/c1-2-16-12-10(15)6-11(12)17-7-3-4-9(14)8(13)5-7/h3-5,11-12H,2,6H2,1H3. The third kappa shape index (κ3) is 2.66. The molecule has 2 rings (SSSR count). The molecule has 1 aromatic carbocycles. The maximum atomic E-state index is 13.0. The lowest BCUT2D eigenvalue weighted by atomic mass is 9.90. The monoisotopic (exact) mass is 302 g/mol. The number of ketones is 1. The van der Waals surface area contributed by atoms with Crippen LogP contribution in [0.2, 0.25) is 0 Å². The van der Waals surface area contributed by atoms with E-state index in [2.05, 4.69) is 15.9 Å². The lowest BCUT2D eigenvalue weighted by Crippen LogP contribution is -2.52. The molecule has 0 saturated heterocycles. The summed E-state index contributed by atoms with van der Waals surface area (Å²) in [5.74, 6) is 0.238. The Labute approximate surface area is 107 Å². The number of Topliss-reactive ketones (excluding diaryl/α,β-unsaturated/α-hetero) is 1. The predicted octanol–water partition coefficient (Wildman–Crippen LogP) is 2.71. The van der Waals surface area contributed by atoms with Crippen molar-refractivity contribution in [3.8, 4) is 5.75 Å². The Morgan fingerprint density at radius 1 is 1.53 bits per heavy atom. The summed E-state index contributed by atoms with van der Waals surface area (Å²) in [6.07, 6.45) is -0.400. The number of carbonyl (C=O) groups is 1. The van der Waals surface area contributed by atoms with Crippen molar-refractivity contribution in [2.75, 3.05) is 6.61 Å². The van der Waals surface area contributed by atoms with Crippen molar-refractivity contribution in [1.82, 2.24) is 0 Å². The summed E-state index contributed by atoms with van der Waals surface area (Å²) >= 11 is 3.08. The fourth-order valence-corrected chi connectivity index (χ4v) is 2.03. The maximum absolute atomic E-state index is 13.0. The first-order chi connectivity index (χ1) is 8.11. The Hall–Kier alpha value is -0.940. The van der Waals surface area contributed by atoms with Gasteiger partial charge in [0, 0.05) is 13.0 Å². The lowest BCUT2D eigenvalue weighted by Gasteiger charge is -2.34. The first kappa shape index (κ1) is 12.5. The maximum Gasteiger partial charge on any atom is 0.169 e. The average Bonchev–Trinajstić information content (AvgIpc) is 2.30. The molecule has 1 aliphatic rings. The topological polar surface area (TPSA) is 35.5 Å². The van der Waals surface area contributed by atoms with Crippen molar-refractivity contribution in [2.45, 2.75) is 25.6 Å². The first-order valence-corrected chi connectivity index (χ1v) is 6.17. The third-order valence-electron chi connectivity index (χ3n) is 2.58. The lowest BCUT2D eigenvalue weighted by molar-refractivity contribution is -0.154. The van der Waals surface area contributed by atoms with Crippen molar-refractivity contribution in [3.05, 3.63) is 28.5 Å². The molecule has 92 valence electrons. The van der Waals surface area contributed by atoms with Crippen LogP contribution >= 0.6 is 15.9 Å². The molecule has 5 heteroatoms. The summed E-state index contributed by atoms with van der Waals surface area (Å²) in [7, 11) is 0. The van der Waals surface area contributed by atoms with E-state index >= 15 is 0 Å². The molecule has 17 heavy (non-hydrogen) atoms. The Balaban J connectivity index is 2.01. The van der Waals surface area contributed by atoms with Gasteiger partial charge in [0.15, 0.2) is 11.9 Å². The molecule has 0 amide bonds. The van der Waals surface area contributed by atoms with Crippen LogP contribution in [0.5, 0.6) is 5.75 Å². The quantitative estimate of drug-likeness (QED) is 0.858. The van der Waals surface area contributed by atoms with E-state index in [1.165, 1.54) is 12.1 Å². The molecule has 0 aliphatic heterocycles. The Bertz CT molecular complexity index is 436. The number of hydrogen-bond donors (Lipinski definition) is 0. The van der Waals surface area contributed by atoms with E-state index in [-0.39, 0.29) is 17.7 Å². The zero-order valence-corrected chi connectivity index (χ0v) is 10.9. The number of halogens is 2. The molecule has 1 fully saturated rings. The van der Waals surface area contributed by atoms with Crippen molar-refractivity contribution in [2.24, 2.45) is 0 Å². The molecule has 0 aromatic heterocycles. The van der Waals surface area contributed by atoms with Crippen LogP contribution in [0.1, 0.15) is 13.3 Å². The highest BCUT2D eigenvalue weighted by molar-refractivity contribution is 9.10. The molecule has 0 heterocycles. The molecule has 0 N–H and O–H groups in total. The fourth-order valence-electron chi connectivity index (χ4n) is 1.68. The highest BCUT2D eigenvalue weighted by Gasteiger charge is 2.42. The van der Waals surface area contributed by atoms with Crippen molar-refractivity contribution < 1.29 is 18.7 Å². The van der Waals surface area contributed by atoms with E-state index in [0.717, 1.165) is 0 Å². The summed E-state index contributed by atoms with van der Waals surface area (Å²) in [4.78, 5) is 11.3. The van der Waals surface area contributed by atoms with Gasteiger partial charge in [-0.3, -0.25) is 4.79 Å². The van der Waals surface area contributed by atoms with Gasteiger partial charge in [0.1, 0.15) is 17.7 Å². The van der Waals surface area contributed by atoms with Gasteiger partial charge in [-0.25, -0.2) is 4.39 Å². The summed E-state index contributed by atoms with van der Waals surface area (Å²) in [6.45, 7) is 2.31. The molecule has 0 radical (unpaired) electrons. The van der Waals surface area contributed by atoms with Crippen molar-refractivity contribution in [3.63, 3.8) is 0 Å². The number of ether oxygens (including phenoxy) is 2. The molecule has 2 unspecified atom stereocenters. The number of benzene rings is 1. The Morgan fingerprint density at radius 3 is 2.88 bits per heavy atom. The van der Waals surface area contributed by atoms with Gasteiger partial charge in [-0.2, -0.15) is 0 Å². The van der Waals surface area contributed by atoms with E-state index in [1.54, 1.807) is 6.07 Å². The summed E-state index contributed by atoms with van der Waals surface area (Å²) < 4.78 is 24.2. The summed E-state index contributed by atoms with van der Waals surface area (Å²) in [5, 5.41) is 0. The zero-order valence-electron chi connectivity index (χ0n) is 9.28. The van der Waals surface area contributed by atoms with Crippen molar-refractivity contribution in [1.29, 1.82) is 0 Å². The summed E-state index contributed by atoms with van der Waals surface area (Å²) in [5.41, 5.74) is 0. The van der Waals surface area contributed by atoms with Crippen LogP contribution in [0, 0.1) is 5.82 Å². The van der Waals surface area contributed by atoms with Gasteiger partial charge in [0.05, 0.1) is 4.47 Å². The van der Waals surface area contributed by atoms with Crippen molar-refractivity contribution >= 4 is 21.7 Å². The molecule has 1 aliphatic carbocycles. The molecular weight excluding hydrogens is 291 g/mol. The third-order valence-corrected chi connectivity index (χ3v) is 3.19. The zero-order chi connectivity index (χ0) is 12.4. The fraction of sp³-hybridized carbons (Fsp3) is 0.417. The van der Waals surface area contributed by atoms with Gasteiger partial charge in [-0.15, -0.1) is 0 Å². The number of hydrogen-bond acceptors (Lipinski definition) is 3. The van der Waals surface area contributed by atoms with E-state index in [0.29, 0.717) is 23.2 Å². The average molecular weight is 303 g/mol. The minimum absolute atomic E-state index is 0.0537. The van der Waals surface area contributed by atoms with Crippen LogP contribution in [0.15, 0.2) is 22.7 Å². The van der Waals surface area contributed by atoms with E-state index in [1.807, 2.05) is 6.92 Å². The van der Waals surface area contributed by atoms with Crippen LogP contribution < -0.4 is 4.74 Å². The van der Waals surface area contributed by atoms with E-state index in [9.17, 15) is 9.18 Å². The number of carbonyl (C=O) groups excluding carboxylic acids is 1. The highest BCUT2D eigenvalue weighted by Crippen LogP contribution is 2.28. The smallest absolute Gasteiger partial charge is 0.169 e. The first-order valence-electron chi connectivity index (χ1n) is 5.38. The second kappa shape index (κ2) is 5.14.